The molecule has 0 fully saturated rings. The van der Waals surface area contributed by atoms with Gasteiger partial charge in [-0.25, -0.2) is 14.3 Å². The number of nitrogens with zero attached hydrogens (tertiary/aromatic N) is 3. The maximum Gasteiger partial charge on any atom is 0.259 e. The van der Waals surface area contributed by atoms with Gasteiger partial charge in [0.05, 0.1) is 16.6 Å². The van der Waals surface area contributed by atoms with Gasteiger partial charge in [-0.3, -0.25) is 14.6 Å². The van der Waals surface area contributed by atoms with E-state index in [2.05, 4.69) is 15.3 Å². The first-order chi connectivity index (χ1) is 14.9. The standard InChI is InChI=1S/C23H23FN4O2S/c1-4-18(21(29)25-17-12-8-6-10-15(17)24)31-23-26-16-11-7-5-9-14(16)20-27-19(13(2)3)22(30)28(20)23/h5-13,18-19H,4H2,1-3H3,(H,25,29)/t18-,19+/m1/s1. The van der Waals surface area contributed by atoms with Gasteiger partial charge in [-0.1, -0.05) is 56.8 Å². The van der Waals surface area contributed by atoms with Crippen LogP contribution in [0.1, 0.15) is 32.8 Å². The molecule has 4 rings (SSSR count). The molecule has 0 spiro atoms. The minimum absolute atomic E-state index is 0.0374. The summed E-state index contributed by atoms with van der Waals surface area (Å²) in [6, 6.07) is 13.1. The van der Waals surface area contributed by atoms with Crippen molar-refractivity contribution in [3.8, 4) is 0 Å². The van der Waals surface area contributed by atoms with Crippen molar-refractivity contribution in [2.45, 2.75) is 38.5 Å². The van der Waals surface area contributed by atoms with Gasteiger partial charge in [-0.15, -0.1) is 0 Å². The molecule has 0 aromatic heterocycles. The van der Waals surface area contributed by atoms with Gasteiger partial charge in [0.2, 0.25) is 5.91 Å². The number of anilines is 1. The fraction of sp³-hybridized carbons (Fsp3) is 0.304. The first kappa shape index (κ1) is 21.2. The molecule has 1 N–H and O–H groups in total. The number of aliphatic imine (C=N–C) groups is 2. The Morgan fingerprint density at radius 2 is 1.90 bits per heavy atom. The minimum Gasteiger partial charge on any atom is -0.323 e. The Hall–Kier alpha value is -3.00. The zero-order chi connectivity index (χ0) is 22.1. The van der Waals surface area contributed by atoms with Crippen molar-refractivity contribution in [2.75, 3.05) is 5.32 Å². The minimum atomic E-state index is -0.559. The summed E-state index contributed by atoms with van der Waals surface area (Å²) in [4.78, 5) is 36.9. The molecule has 6 nitrogen and oxygen atoms in total. The second-order valence-corrected chi connectivity index (χ2v) is 8.88. The van der Waals surface area contributed by atoms with Gasteiger partial charge in [0.25, 0.3) is 5.91 Å². The van der Waals surface area contributed by atoms with E-state index in [-0.39, 0.29) is 23.4 Å². The summed E-state index contributed by atoms with van der Waals surface area (Å²) in [5, 5.41) is 2.50. The number of para-hydroxylation sites is 2. The zero-order valence-electron chi connectivity index (χ0n) is 17.5. The summed E-state index contributed by atoms with van der Waals surface area (Å²) in [5.41, 5.74) is 1.63. The first-order valence-electron chi connectivity index (χ1n) is 10.2. The molecule has 160 valence electrons. The number of thioether (sulfide) groups is 1. The second kappa shape index (κ2) is 8.63. The summed E-state index contributed by atoms with van der Waals surface area (Å²) >= 11 is 1.20. The molecule has 0 aliphatic carbocycles. The van der Waals surface area contributed by atoms with E-state index in [1.807, 2.05) is 45.0 Å². The van der Waals surface area contributed by atoms with E-state index < -0.39 is 17.1 Å². The molecule has 2 atom stereocenters. The van der Waals surface area contributed by atoms with E-state index in [4.69, 9.17) is 0 Å². The van der Waals surface area contributed by atoms with Crippen LogP contribution < -0.4 is 5.32 Å². The Morgan fingerprint density at radius 3 is 2.61 bits per heavy atom. The van der Waals surface area contributed by atoms with E-state index in [1.54, 1.807) is 12.1 Å². The lowest BCUT2D eigenvalue weighted by molar-refractivity contribution is -0.125. The van der Waals surface area contributed by atoms with Crippen LogP contribution in [0.2, 0.25) is 0 Å². The van der Waals surface area contributed by atoms with E-state index >= 15 is 0 Å². The SMILES string of the molecule is CC[C@@H](SC1=Nc2ccccc2C2=N[C@@H](C(C)C)C(=O)N12)C(=O)Nc1ccccc1F. The van der Waals surface area contributed by atoms with Gasteiger partial charge in [0.1, 0.15) is 17.7 Å². The van der Waals surface area contributed by atoms with Crippen LogP contribution >= 0.6 is 11.8 Å². The molecule has 0 bridgehead atoms. The van der Waals surface area contributed by atoms with Crippen molar-refractivity contribution < 1.29 is 14.0 Å². The normalized spacial score (nSPS) is 18.3. The molecule has 0 radical (unpaired) electrons. The summed E-state index contributed by atoms with van der Waals surface area (Å²) in [5.74, 6) is -0.375. The summed E-state index contributed by atoms with van der Waals surface area (Å²) in [6.45, 7) is 5.78. The van der Waals surface area contributed by atoms with Crippen molar-refractivity contribution in [1.29, 1.82) is 0 Å². The summed E-state index contributed by atoms with van der Waals surface area (Å²) in [7, 11) is 0. The molecule has 2 aliphatic heterocycles. The van der Waals surface area contributed by atoms with E-state index in [0.717, 1.165) is 5.56 Å². The van der Waals surface area contributed by atoms with Gasteiger partial charge in [-0.2, -0.15) is 0 Å². The largest absolute Gasteiger partial charge is 0.323 e. The number of hydrogen-bond acceptors (Lipinski definition) is 5. The lowest BCUT2D eigenvalue weighted by Gasteiger charge is -2.27. The molecule has 8 heteroatoms. The molecule has 2 aliphatic rings. The van der Waals surface area contributed by atoms with E-state index in [0.29, 0.717) is 23.1 Å². The third kappa shape index (κ3) is 3.99. The molecule has 0 unspecified atom stereocenters. The Labute approximate surface area is 184 Å². The van der Waals surface area contributed by atoms with E-state index in [1.165, 1.54) is 28.8 Å². The fourth-order valence-corrected chi connectivity index (χ4v) is 4.53. The fourth-order valence-electron chi connectivity index (χ4n) is 3.51. The van der Waals surface area contributed by atoms with Gasteiger partial charge < -0.3 is 5.32 Å². The average molecular weight is 439 g/mol. The smallest absolute Gasteiger partial charge is 0.259 e. The predicted octanol–water partition coefficient (Wildman–Crippen LogP) is 4.59. The van der Waals surface area contributed by atoms with Gasteiger partial charge in [-0.05, 0) is 36.6 Å². The number of carbonyl (C=O) groups excluding carboxylic acids is 2. The molecule has 31 heavy (non-hydrogen) atoms. The Bertz CT molecular complexity index is 1100. The van der Waals surface area contributed by atoms with Crippen LogP contribution in [0.5, 0.6) is 0 Å². The number of amides is 2. The van der Waals surface area contributed by atoms with Crippen LogP contribution in [-0.2, 0) is 9.59 Å². The number of amidine groups is 2. The number of rotatable bonds is 5. The second-order valence-electron chi connectivity index (χ2n) is 7.71. The van der Waals surface area contributed by atoms with Crippen LogP contribution in [0.25, 0.3) is 0 Å². The number of carbonyl (C=O) groups is 2. The number of benzene rings is 2. The number of halogens is 1. The van der Waals surface area contributed by atoms with Crippen molar-refractivity contribution in [1.82, 2.24) is 4.90 Å². The third-order valence-corrected chi connectivity index (χ3v) is 6.49. The van der Waals surface area contributed by atoms with Gasteiger partial charge in [0, 0.05) is 5.56 Å². The third-order valence-electron chi connectivity index (χ3n) is 5.17. The average Bonchev–Trinajstić information content (AvgIpc) is 3.11. The maximum absolute atomic E-state index is 14.0. The molecule has 2 heterocycles. The van der Waals surface area contributed by atoms with Crippen LogP contribution in [-0.4, -0.2) is 39.0 Å². The monoisotopic (exact) mass is 438 g/mol. The van der Waals surface area contributed by atoms with E-state index in [9.17, 15) is 14.0 Å². The van der Waals surface area contributed by atoms with Crippen LogP contribution in [0.15, 0.2) is 58.5 Å². The van der Waals surface area contributed by atoms with Crippen LogP contribution in [0.4, 0.5) is 15.8 Å². The molecule has 2 aromatic carbocycles. The van der Waals surface area contributed by atoms with Crippen molar-refractivity contribution in [3.05, 3.63) is 59.9 Å². The van der Waals surface area contributed by atoms with Crippen molar-refractivity contribution in [2.24, 2.45) is 15.9 Å². The van der Waals surface area contributed by atoms with Crippen LogP contribution in [0, 0.1) is 11.7 Å². The van der Waals surface area contributed by atoms with Crippen molar-refractivity contribution in [3.63, 3.8) is 0 Å². The summed E-state index contributed by atoms with van der Waals surface area (Å²) in [6.07, 6.45) is 0.480. The lowest BCUT2D eigenvalue weighted by atomic mass is 10.1. The zero-order valence-corrected chi connectivity index (χ0v) is 18.3. The molecule has 2 aromatic rings. The van der Waals surface area contributed by atoms with Crippen LogP contribution in [0.3, 0.4) is 0 Å². The highest BCUT2D eigenvalue weighted by Crippen LogP contribution is 2.36. The highest BCUT2D eigenvalue weighted by molar-refractivity contribution is 8.15. The number of hydrogen-bond donors (Lipinski definition) is 1. The predicted molar refractivity (Wildman–Crippen MR) is 122 cm³/mol. The van der Waals surface area contributed by atoms with Gasteiger partial charge in [0.15, 0.2) is 5.17 Å². The molecule has 2 amide bonds. The maximum atomic E-state index is 14.0. The summed E-state index contributed by atoms with van der Waals surface area (Å²) < 4.78 is 14.0. The molecular weight excluding hydrogens is 415 g/mol. The Kier molecular flexibility index (Phi) is 5.91. The molecular formula is C23H23FN4O2S. The quantitative estimate of drug-likeness (QED) is 0.742. The Balaban J connectivity index is 1.64. The van der Waals surface area contributed by atoms with Gasteiger partial charge >= 0.3 is 0 Å². The lowest BCUT2D eigenvalue weighted by Crippen LogP contribution is -2.43. The number of nitrogens with one attached hydrogen (secondary N) is 1. The first-order valence-corrected chi connectivity index (χ1v) is 11.1. The highest BCUT2D eigenvalue weighted by atomic mass is 32.2. The number of fused-ring (bicyclic) bond motifs is 3. The molecule has 0 saturated heterocycles. The highest BCUT2D eigenvalue weighted by Gasteiger charge is 2.43. The molecule has 0 saturated carbocycles. The topological polar surface area (TPSA) is 74.1 Å². The van der Waals surface area contributed by atoms with Crippen molar-refractivity contribution >= 4 is 46.0 Å². The Morgan fingerprint density at radius 1 is 1.19 bits per heavy atom.